The Morgan fingerprint density at radius 2 is 1.93 bits per heavy atom. The second kappa shape index (κ2) is 6.50. The van der Waals surface area contributed by atoms with Crippen molar-refractivity contribution < 1.29 is 9.53 Å². The molecule has 1 aromatic heterocycles. The maximum absolute atomic E-state index is 12.9. The SMILES string of the molecule is O=C(Cn1cc2ccccc2n1)N[C@@H]1c2ccccc2CC12CCOCC2. The molecule has 2 aliphatic rings. The number of hydrogen-bond acceptors (Lipinski definition) is 3. The number of ether oxygens (including phenoxy) is 1. The summed E-state index contributed by atoms with van der Waals surface area (Å²) < 4.78 is 7.34. The van der Waals surface area contributed by atoms with Crippen LogP contribution in [0.5, 0.6) is 0 Å². The lowest BCUT2D eigenvalue weighted by Gasteiger charge is -2.39. The lowest BCUT2D eigenvalue weighted by molar-refractivity contribution is -0.124. The summed E-state index contributed by atoms with van der Waals surface area (Å²) in [5, 5.41) is 8.90. The number of carbonyl (C=O) groups excluding carboxylic acids is 1. The molecule has 2 aromatic carbocycles. The molecule has 0 saturated carbocycles. The van der Waals surface area contributed by atoms with Gasteiger partial charge in [-0.2, -0.15) is 5.10 Å². The van der Waals surface area contributed by atoms with Gasteiger partial charge in [-0.1, -0.05) is 42.5 Å². The third-order valence-corrected chi connectivity index (χ3v) is 6.08. The quantitative estimate of drug-likeness (QED) is 0.779. The fraction of sp³-hybridized carbons (Fsp3) is 0.364. The molecule has 0 radical (unpaired) electrons. The Labute approximate surface area is 158 Å². The summed E-state index contributed by atoms with van der Waals surface area (Å²) in [6, 6.07) is 16.5. The Morgan fingerprint density at radius 3 is 2.78 bits per heavy atom. The minimum atomic E-state index is 0.00961. The fourth-order valence-electron chi connectivity index (χ4n) is 4.71. The van der Waals surface area contributed by atoms with Crippen LogP contribution in [0.1, 0.15) is 30.0 Å². The molecule has 5 heteroatoms. The van der Waals surface area contributed by atoms with Gasteiger partial charge in [-0.05, 0) is 36.5 Å². The van der Waals surface area contributed by atoms with Crippen LogP contribution >= 0.6 is 0 Å². The summed E-state index contributed by atoms with van der Waals surface area (Å²) in [5.74, 6) is 0.00961. The summed E-state index contributed by atoms with van der Waals surface area (Å²) in [6.45, 7) is 1.77. The summed E-state index contributed by atoms with van der Waals surface area (Å²) >= 11 is 0. The van der Waals surface area contributed by atoms with Crippen LogP contribution in [-0.4, -0.2) is 28.9 Å². The van der Waals surface area contributed by atoms with Gasteiger partial charge in [-0.3, -0.25) is 9.48 Å². The Hall–Kier alpha value is -2.66. The first-order valence-corrected chi connectivity index (χ1v) is 9.61. The molecule has 3 aromatic rings. The molecule has 5 rings (SSSR count). The maximum Gasteiger partial charge on any atom is 0.242 e. The second-order valence-electron chi connectivity index (χ2n) is 7.74. The number of carbonyl (C=O) groups is 1. The number of rotatable bonds is 3. The number of amides is 1. The number of aromatic nitrogens is 2. The van der Waals surface area contributed by atoms with E-state index >= 15 is 0 Å². The third kappa shape index (κ3) is 2.92. The van der Waals surface area contributed by atoms with Crippen molar-refractivity contribution in [2.75, 3.05) is 13.2 Å². The topological polar surface area (TPSA) is 56.2 Å². The summed E-state index contributed by atoms with van der Waals surface area (Å²) in [6.07, 6.45) is 4.92. The van der Waals surface area contributed by atoms with Crippen molar-refractivity contribution in [3.8, 4) is 0 Å². The van der Waals surface area contributed by atoms with E-state index < -0.39 is 0 Å². The van der Waals surface area contributed by atoms with Gasteiger partial charge < -0.3 is 10.1 Å². The number of hydrogen-bond donors (Lipinski definition) is 1. The van der Waals surface area contributed by atoms with Gasteiger partial charge in [0, 0.05) is 30.2 Å². The van der Waals surface area contributed by atoms with Gasteiger partial charge in [0.1, 0.15) is 6.54 Å². The Bertz CT molecular complexity index is 955. The molecule has 1 amide bonds. The van der Waals surface area contributed by atoms with Gasteiger partial charge in [-0.25, -0.2) is 0 Å². The van der Waals surface area contributed by atoms with E-state index in [0.717, 1.165) is 43.4 Å². The average molecular weight is 361 g/mol. The van der Waals surface area contributed by atoms with E-state index in [4.69, 9.17) is 4.74 Å². The molecule has 1 spiro atoms. The van der Waals surface area contributed by atoms with Crippen molar-refractivity contribution in [1.29, 1.82) is 0 Å². The van der Waals surface area contributed by atoms with Gasteiger partial charge in [0.2, 0.25) is 5.91 Å². The van der Waals surface area contributed by atoms with Crippen molar-refractivity contribution >= 4 is 16.8 Å². The largest absolute Gasteiger partial charge is 0.381 e. The standard InChI is InChI=1S/C22H23N3O2/c26-20(15-25-14-17-6-2-4-8-19(17)24-25)23-21-18-7-3-1-5-16(18)13-22(21)9-11-27-12-10-22/h1-8,14,21H,9-13,15H2,(H,23,26)/t21-/m1/s1. The predicted octanol–water partition coefficient (Wildman–Crippen LogP) is 3.25. The summed E-state index contributed by atoms with van der Waals surface area (Å²) in [5.41, 5.74) is 3.61. The molecule has 1 atom stereocenters. The Balaban J connectivity index is 1.39. The molecule has 0 unspecified atom stereocenters. The second-order valence-corrected chi connectivity index (χ2v) is 7.74. The van der Waals surface area contributed by atoms with E-state index in [1.807, 2.05) is 30.5 Å². The average Bonchev–Trinajstić information content (AvgIpc) is 3.21. The molecule has 1 N–H and O–H groups in total. The summed E-state index contributed by atoms with van der Waals surface area (Å²) in [7, 11) is 0. The minimum Gasteiger partial charge on any atom is -0.381 e. The van der Waals surface area contributed by atoms with E-state index in [9.17, 15) is 4.79 Å². The van der Waals surface area contributed by atoms with Crippen LogP contribution in [0.4, 0.5) is 0 Å². The predicted molar refractivity (Wildman–Crippen MR) is 103 cm³/mol. The highest BCUT2D eigenvalue weighted by Gasteiger charge is 2.47. The van der Waals surface area contributed by atoms with Crippen LogP contribution in [0.3, 0.4) is 0 Å². The van der Waals surface area contributed by atoms with E-state index in [0.29, 0.717) is 0 Å². The van der Waals surface area contributed by atoms with Crippen molar-refractivity contribution in [3.63, 3.8) is 0 Å². The Morgan fingerprint density at radius 1 is 1.15 bits per heavy atom. The van der Waals surface area contributed by atoms with Crippen molar-refractivity contribution in [2.24, 2.45) is 5.41 Å². The zero-order valence-electron chi connectivity index (χ0n) is 15.2. The van der Waals surface area contributed by atoms with Gasteiger partial charge in [0.25, 0.3) is 0 Å². The highest BCUT2D eigenvalue weighted by Crippen LogP contribution is 2.51. The van der Waals surface area contributed by atoms with E-state index in [2.05, 4.69) is 34.7 Å². The van der Waals surface area contributed by atoms with Crippen LogP contribution in [-0.2, 0) is 22.5 Å². The lowest BCUT2D eigenvalue weighted by Crippen LogP contribution is -2.43. The molecule has 1 aliphatic heterocycles. The van der Waals surface area contributed by atoms with Gasteiger partial charge in [0.15, 0.2) is 0 Å². The van der Waals surface area contributed by atoms with Crippen LogP contribution in [0.15, 0.2) is 54.7 Å². The van der Waals surface area contributed by atoms with E-state index in [-0.39, 0.29) is 23.9 Å². The molecule has 2 heterocycles. The highest BCUT2D eigenvalue weighted by atomic mass is 16.5. The maximum atomic E-state index is 12.9. The van der Waals surface area contributed by atoms with Gasteiger partial charge >= 0.3 is 0 Å². The molecular formula is C22H23N3O2. The van der Waals surface area contributed by atoms with E-state index in [1.54, 1.807) is 4.68 Å². The first kappa shape index (κ1) is 16.5. The molecule has 1 saturated heterocycles. The molecule has 5 nitrogen and oxygen atoms in total. The number of fused-ring (bicyclic) bond motifs is 2. The molecule has 1 fully saturated rings. The molecular weight excluding hydrogens is 338 g/mol. The first-order valence-electron chi connectivity index (χ1n) is 9.61. The van der Waals surface area contributed by atoms with Gasteiger partial charge in [0.05, 0.1) is 11.6 Å². The van der Waals surface area contributed by atoms with E-state index in [1.165, 1.54) is 11.1 Å². The zero-order valence-corrected chi connectivity index (χ0v) is 15.2. The van der Waals surface area contributed by atoms with Crippen LogP contribution in [0, 0.1) is 5.41 Å². The highest BCUT2D eigenvalue weighted by molar-refractivity contribution is 5.80. The lowest BCUT2D eigenvalue weighted by atomic mass is 9.74. The molecule has 1 aliphatic carbocycles. The number of nitrogens with zero attached hydrogens (tertiary/aromatic N) is 2. The summed E-state index contributed by atoms with van der Waals surface area (Å²) in [4.78, 5) is 12.9. The van der Waals surface area contributed by atoms with Crippen LogP contribution in [0.2, 0.25) is 0 Å². The van der Waals surface area contributed by atoms with Crippen molar-refractivity contribution in [3.05, 3.63) is 65.9 Å². The number of benzene rings is 2. The Kier molecular flexibility index (Phi) is 3.97. The fourth-order valence-corrected chi connectivity index (χ4v) is 4.71. The smallest absolute Gasteiger partial charge is 0.242 e. The minimum absolute atomic E-state index is 0.00961. The van der Waals surface area contributed by atoms with Crippen LogP contribution < -0.4 is 5.32 Å². The zero-order chi connectivity index (χ0) is 18.3. The molecule has 0 bridgehead atoms. The normalized spacial score (nSPS) is 20.7. The number of nitrogens with one attached hydrogen (secondary N) is 1. The van der Waals surface area contributed by atoms with Crippen LogP contribution in [0.25, 0.3) is 10.9 Å². The molecule has 27 heavy (non-hydrogen) atoms. The first-order chi connectivity index (χ1) is 13.2. The molecule has 138 valence electrons. The third-order valence-electron chi connectivity index (χ3n) is 6.08. The monoisotopic (exact) mass is 361 g/mol. The van der Waals surface area contributed by atoms with Crippen molar-refractivity contribution in [1.82, 2.24) is 15.1 Å². The van der Waals surface area contributed by atoms with Gasteiger partial charge in [-0.15, -0.1) is 0 Å². The van der Waals surface area contributed by atoms with Crippen molar-refractivity contribution in [2.45, 2.75) is 31.8 Å².